The van der Waals surface area contributed by atoms with Crippen molar-refractivity contribution in [2.75, 3.05) is 36.4 Å². The Morgan fingerprint density at radius 2 is 1.79 bits per heavy atom. The first-order chi connectivity index (χ1) is 13.5. The SMILES string of the molecule is C[C@H](C(=O)Nc1ccc2[nH]c(=O)[nH]c2c1)N1CCN(c2ccccc2O)CC1. The number of phenols is 1. The van der Waals surface area contributed by atoms with Gasteiger partial charge in [-0.3, -0.25) is 9.69 Å². The summed E-state index contributed by atoms with van der Waals surface area (Å²) in [6, 6.07) is 12.3. The van der Waals surface area contributed by atoms with Gasteiger partial charge >= 0.3 is 5.69 Å². The van der Waals surface area contributed by atoms with Crippen molar-refractivity contribution in [3.8, 4) is 5.75 Å². The van der Waals surface area contributed by atoms with Crippen molar-refractivity contribution in [1.82, 2.24) is 14.9 Å². The summed E-state index contributed by atoms with van der Waals surface area (Å²) in [7, 11) is 0. The Bertz CT molecular complexity index is 1050. The van der Waals surface area contributed by atoms with Crippen LogP contribution in [-0.4, -0.2) is 58.1 Å². The van der Waals surface area contributed by atoms with Crippen LogP contribution in [0.2, 0.25) is 0 Å². The number of H-pyrrole nitrogens is 2. The van der Waals surface area contributed by atoms with E-state index in [1.807, 2.05) is 25.1 Å². The van der Waals surface area contributed by atoms with Gasteiger partial charge in [0.15, 0.2) is 0 Å². The topological polar surface area (TPSA) is 104 Å². The van der Waals surface area contributed by atoms with E-state index in [1.165, 1.54) is 0 Å². The van der Waals surface area contributed by atoms with Crippen molar-refractivity contribution < 1.29 is 9.90 Å². The van der Waals surface area contributed by atoms with E-state index >= 15 is 0 Å². The third-order valence-corrected chi connectivity index (χ3v) is 5.25. The van der Waals surface area contributed by atoms with Crippen molar-refractivity contribution in [2.45, 2.75) is 13.0 Å². The number of para-hydroxylation sites is 2. The molecule has 2 heterocycles. The lowest BCUT2D eigenvalue weighted by Crippen LogP contribution is -2.52. The molecule has 1 atom stereocenters. The number of aromatic nitrogens is 2. The number of phenolic OH excluding ortho intramolecular Hbond substituents is 1. The fraction of sp³-hybridized carbons (Fsp3) is 0.300. The third kappa shape index (κ3) is 3.59. The summed E-state index contributed by atoms with van der Waals surface area (Å²) in [6.45, 7) is 4.83. The van der Waals surface area contributed by atoms with Gasteiger partial charge in [0.2, 0.25) is 5.91 Å². The molecule has 1 fully saturated rings. The smallest absolute Gasteiger partial charge is 0.323 e. The Morgan fingerprint density at radius 3 is 2.54 bits per heavy atom. The molecule has 3 aromatic rings. The number of hydrogen-bond donors (Lipinski definition) is 4. The molecule has 1 aliphatic rings. The van der Waals surface area contributed by atoms with Crippen LogP contribution < -0.4 is 15.9 Å². The van der Waals surface area contributed by atoms with Crippen LogP contribution >= 0.6 is 0 Å². The van der Waals surface area contributed by atoms with Crippen molar-refractivity contribution in [3.05, 3.63) is 52.9 Å². The number of imidazole rings is 1. The number of anilines is 2. The van der Waals surface area contributed by atoms with Gasteiger partial charge in [-0.05, 0) is 37.3 Å². The third-order valence-electron chi connectivity index (χ3n) is 5.25. The van der Waals surface area contributed by atoms with Gasteiger partial charge in [-0.15, -0.1) is 0 Å². The number of aromatic amines is 2. The molecule has 1 saturated heterocycles. The molecule has 0 saturated carbocycles. The summed E-state index contributed by atoms with van der Waals surface area (Å²) in [5.41, 5.74) is 2.57. The predicted molar refractivity (Wildman–Crippen MR) is 109 cm³/mol. The summed E-state index contributed by atoms with van der Waals surface area (Å²) < 4.78 is 0. The molecule has 0 unspecified atom stereocenters. The Labute approximate surface area is 161 Å². The first-order valence-corrected chi connectivity index (χ1v) is 9.31. The molecule has 146 valence electrons. The van der Waals surface area contributed by atoms with E-state index in [-0.39, 0.29) is 23.4 Å². The number of amides is 1. The van der Waals surface area contributed by atoms with Crippen LogP contribution in [0.4, 0.5) is 11.4 Å². The summed E-state index contributed by atoms with van der Waals surface area (Å²) >= 11 is 0. The number of fused-ring (bicyclic) bond motifs is 1. The average Bonchev–Trinajstić information content (AvgIpc) is 3.07. The number of nitrogens with one attached hydrogen (secondary N) is 3. The van der Waals surface area contributed by atoms with E-state index in [2.05, 4.69) is 25.1 Å². The zero-order chi connectivity index (χ0) is 19.7. The van der Waals surface area contributed by atoms with Crippen LogP contribution in [0.3, 0.4) is 0 Å². The number of rotatable bonds is 4. The molecule has 28 heavy (non-hydrogen) atoms. The first-order valence-electron chi connectivity index (χ1n) is 9.31. The van der Waals surface area contributed by atoms with Gasteiger partial charge < -0.3 is 25.3 Å². The van der Waals surface area contributed by atoms with Gasteiger partial charge in [0.25, 0.3) is 0 Å². The lowest BCUT2D eigenvalue weighted by Gasteiger charge is -2.38. The van der Waals surface area contributed by atoms with Crippen LogP contribution in [0.15, 0.2) is 47.3 Å². The van der Waals surface area contributed by atoms with E-state index in [4.69, 9.17) is 0 Å². The second-order valence-corrected chi connectivity index (χ2v) is 7.02. The normalized spacial score (nSPS) is 16.2. The molecule has 2 aromatic carbocycles. The fourth-order valence-electron chi connectivity index (χ4n) is 3.60. The summed E-state index contributed by atoms with van der Waals surface area (Å²) in [5.74, 6) is 0.188. The second kappa shape index (κ2) is 7.40. The molecular formula is C20H23N5O3. The lowest BCUT2D eigenvalue weighted by atomic mass is 10.2. The highest BCUT2D eigenvalue weighted by Gasteiger charge is 2.26. The van der Waals surface area contributed by atoms with Crippen LogP contribution in [0, 0.1) is 0 Å². The zero-order valence-electron chi connectivity index (χ0n) is 15.6. The number of benzene rings is 2. The van der Waals surface area contributed by atoms with Gasteiger partial charge in [-0.2, -0.15) is 0 Å². The zero-order valence-corrected chi connectivity index (χ0v) is 15.6. The Kier molecular flexibility index (Phi) is 4.79. The lowest BCUT2D eigenvalue weighted by molar-refractivity contribution is -0.120. The van der Waals surface area contributed by atoms with Gasteiger partial charge in [0.1, 0.15) is 5.75 Å². The minimum absolute atomic E-state index is 0.0896. The molecule has 0 spiro atoms. The summed E-state index contributed by atoms with van der Waals surface area (Å²) in [4.78, 5) is 33.7. The molecular weight excluding hydrogens is 358 g/mol. The second-order valence-electron chi connectivity index (χ2n) is 7.02. The van der Waals surface area contributed by atoms with Gasteiger partial charge in [-0.25, -0.2) is 4.79 Å². The molecule has 4 rings (SSSR count). The van der Waals surface area contributed by atoms with Crippen LogP contribution in [0.5, 0.6) is 5.75 Å². The molecule has 1 amide bonds. The van der Waals surface area contributed by atoms with E-state index in [1.54, 1.807) is 24.3 Å². The number of aromatic hydroxyl groups is 1. The fourth-order valence-corrected chi connectivity index (χ4v) is 3.60. The van der Waals surface area contributed by atoms with Crippen molar-refractivity contribution in [3.63, 3.8) is 0 Å². The summed E-state index contributed by atoms with van der Waals surface area (Å²) in [5, 5.41) is 12.9. The number of nitrogens with zero attached hydrogens (tertiary/aromatic N) is 2. The highest BCUT2D eigenvalue weighted by molar-refractivity contribution is 5.96. The van der Waals surface area contributed by atoms with Crippen LogP contribution in [-0.2, 0) is 4.79 Å². The van der Waals surface area contributed by atoms with Crippen molar-refractivity contribution in [1.29, 1.82) is 0 Å². The quantitative estimate of drug-likeness (QED) is 0.551. The molecule has 8 heteroatoms. The number of piperazine rings is 1. The van der Waals surface area contributed by atoms with Crippen molar-refractivity contribution in [2.24, 2.45) is 0 Å². The predicted octanol–water partition coefficient (Wildman–Crippen LogP) is 1.71. The molecule has 4 N–H and O–H groups in total. The molecule has 0 aliphatic carbocycles. The molecule has 8 nitrogen and oxygen atoms in total. The van der Waals surface area contributed by atoms with E-state index in [9.17, 15) is 14.7 Å². The highest BCUT2D eigenvalue weighted by Crippen LogP contribution is 2.27. The Hall–Kier alpha value is -3.26. The number of carbonyl (C=O) groups is 1. The first kappa shape index (κ1) is 18.1. The standard InChI is InChI=1S/C20H23N5O3/c1-13(19(27)21-14-6-7-15-16(12-14)23-20(28)22-15)24-8-10-25(11-9-24)17-4-2-3-5-18(17)26/h2-7,12-13,26H,8-11H2,1H3,(H,21,27)(H2,22,23,28)/t13-/m1/s1. The Balaban J connectivity index is 1.37. The van der Waals surface area contributed by atoms with Gasteiger partial charge in [0, 0.05) is 31.9 Å². The maximum absolute atomic E-state index is 12.7. The van der Waals surface area contributed by atoms with Crippen molar-refractivity contribution >= 4 is 28.3 Å². The monoisotopic (exact) mass is 381 g/mol. The van der Waals surface area contributed by atoms with Gasteiger partial charge in [0.05, 0.1) is 22.8 Å². The number of carbonyl (C=O) groups excluding carboxylic acids is 1. The maximum Gasteiger partial charge on any atom is 0.323 e. The highest BCUT2D eigenvalue weighted by atomic mass is 16.3. The maximum atomic E-state index is 12.7. The average molecular weight is 381 g/mol. The largest absolute Gasteiger partial charge is 0.506 e. The minimum atomic E-state index is -0.285. The van der Waals surface area contributed by atoms with E-state index < -0.39 is 0 Å². The Morgan fingerprint density at radius 1 is 1.07 bits per heavy atom. The minimum Gasteiger partial charge on any atom is -0.506 e. The molecule has 0 radical (unpaired) electrons. The van der Waals surface area contributed by atoms with Gasteiger partial charge in [-0.1, -0.05) is 12.1 Å². The van der Waals surface area contributed by atoms with Crippen LogP contribution in [0.1, 0.15) is 6.92 Å². The van der Waals surface area contributed by atoms with Crippen LogP contribution in [0.25, 0.3) is 11.0 Å². The van der Waals surface area contributed by atoms with E-state index in [0.29, 0.717) is 16.7 Å². The summed E-state index contributed by atoms with van der Waals surface area (Å²) in [6.07, 6.45) is 0. The van der Waals surface area contributed by atoms with E-state index in [0.717, 1.165) is 31.9 Å². The molecule has 1 aromatic heterocycles. The molecule has 1 aliphatic heterocycles. The number of hydrogen-bond acceptors (Lipinski definition) is 5. The molecule has 0 bridgehead atoms.